The highest BCUT2D eigenvalue weighted by atomic mass is 15.0. The molecule has 0 radical (unpaired) electrons. The molecule has 4 nitrogen and oxygen atoms in total. The van der Waals surface area contributed by atoms with Crippen molar-refractivity contribution in [3.8, 4) is 0 Å². The minimum absolute atomic E-state index is 0.507. The lowest BCUT2D eigenvalue weighted by atomic mass is 10.1. The molecule has 88 valence electrons. The van der Waals surface area contributed by atoms with Crippen molar-refractivity contribution < 1.29 is 0 Å². The molecule has 1 aromatic carbocycles. The first kappa shape index (κ1) is 11.4. The zero-order chi connectivity index (χ0) is 12.4. The van der Waals surface area contributed by atoms with Gasteiger partial charge in [-0.05, 0) is 38.0 Å². The van der Waals surface area contributed by atoms with Gasteiger partial charge in [-0.3, -0.25) is 0 Å². The molecule has 0 spiro atoms. The topological polar surface area (TPSA) is 63.8 Å². The van der Waals surface area contributed by atoms with Crippen molar-refractivity contribution in [3.63, 3.8) is 0 Å². The van der Waals surface area contributed by atoms with Crippen molar-refractivity contribution in [2.45, 2.75) is 20.8 Å². The fourth-order valence-corrected chi connectivity index (χ4v) is 1.59. The van der Waals surface area contributed by atoms with Gasteiger partial charge in [-0.15, -0.1) is 0 Å². The van der Waals surface area contributed by atoms with Crippen molar-refractivity contribution >= 4 is 17.3 Å². The standard InChI is InChI=1S/C13H16N4/c1-8-4-5-9(2)11(6-8)17-13-10(3)12(14)15-7-16-13/h4-7H,1-3H3,(H3,14,15,16,17). The zero-order valence-electron chi connectivity index (χ0n) is 10.3. The van der Waals surface area contributed by atoms with Gasteiger partial charge in [0, 0.05) is 11.3 Å². The van der Waals surface area contributed by atoms with E-state index in [9.17, 15) is 0 Å². The van der Waals surface area contributed by atoms with Crippen molar-refractivity contribution in [1.29, 1.82) is 0 Å². The summed E-state index contributed by atoms with van der Waals surface area (Å²) in [7, 11) is 0. The predicted octanol–water partition coefficient (Wildman–Crippen LogP) is 2.73. The summed E-state index contributed by atoms with van der Waals surface area (Å²) in [5.74, 6) is 1.26. The Hall–Kier alpha value is -2.10. The van der Waals surface area contributed by atoms with Crippen LogP contribution in [0.5, 0.6) is 0 Å². The quantitative estimate of drug-likeness (QED) is 0.829. The molecule has 0 aliphatic carbocycles. The third-order valence-corrected chi connectivity index (χ3v) is 2.77. The van der Waals surface area contributed by atoms with Gasteiger partial charge >= 0.3 is 0 Å². The van der Waals surface area contributed by atoms with E-state index in [0.29, 0.717) is 5.82 Å². The van der Waals surface area contributed by atoms with Crippen molar-refractivity contribution in [3.05, 3.63) is 41.2 Å². The maximum Gasteiger partial charge on any atom is 0.138 e. The summed E-state index contributed by atoms with van der Waals surface area (Å²) in [6.45, 7) is 6.02. The van der Waals surface area contributed by atoms with Crippen molar-refractivity contribution in [2.24, 2.45) is 0 Å². The van der Waals surface area contributed by atoms with Crippen LogP contribution in [0.15, 0.2) is 24.5 Å². The maximum atomic E-state index is 5.75. The number of benzene rings is 1. The average molecular weight is 228 g/mol. The number of aromatic nitrogens is 2. The summed E-state index contributed by atoms with van der Waals surface area (Å²) in [4.78, 5) is 8.15. The van der Waals surface area contributed by atoms with Crippen LogP contribution >= 0.6 is 0 Å². The fraction of sp³-hybridized carbons (Fsp3) is 0.231. The van der Waals surface area contributed by atoms with Crippen LogP contribution in [-0.2, 0) is 0 Å². The lowest BCUT2D eigenvalue weighted by Gasteiger charge is -2.12. The molecule has 0 bridgehead atoms. The summed E-state index contributed by atoms with van der Waals surface area (Å²) in [6.07, 6.45) is 1.47. The SMILES string of the molecule is Cc1ccc(C)c(Nc2ncnc(N)c2C)c1. The van der Waals surface area contributed by atoms with Gasteiger partial charge in [-0.2, -0.15) is 0 Å². The van der Waals surface area contributed by atoms with Crippen LogP contribution in [0.2, 0.25) is 0 Å². The highest BCUT2D eigenvalue weighted by Crippen LogP contribution is 2.23. The Balaban J connectivity index is 2.38. The van der Waals surface area contributed by atoms with Gasteiger partial charge in [0.05, 0.1) is 0 Å². The number of aryl methyl sites for hydroxylation is 2. The molecule has 1 aromatic heterocycles. The number of hydrogen-bond acceptors (Lipinski definition) is 4. The molecule has 2 rings (SSSR count). The van der Waals surface area contributed by atoms with E-state index in [4.69, 9.17) is 5.73 Å². The Bertz CT molecular complexity index is 549. The highest BCUT2D eigenvalue weighted by molar-refractivity contribution is 5.66. The lowest BCUT2D eigenvalue weighted by Crippen LogP contribution is -2.03. The van der Waals surface area contributed by atoms with Gasteiger partial charge in [-0.25, -0.2) is 9.97 Å². The van der Waals surface area contributed by atoms with E-state index in [1.807, 2.05) is 6.92 Å². The van der Waals surface area contributed by atoms with Crippen LogP contribution in [0.1, 0.15) is 16.7 Å². The molecule has 0 fully saturated rings. The molecule has 0 saturated carbocycles. The number of nitrogens with two attached hydrogens (primary N) is 1. The molecule has 0 atom stereocenters. The first-order valence-corrected chi connectivity index (χ1v) is 5.49. The largest absolute Gasteiger partial charge is 0.383 e. The van der Waals surface area contributed by atoms with Crippen LogP contribution in [0.3, 0.4) is 0 Å². The average Bonchev–Trinajstić information content (AvgIpc) is 2.30. The van der Waals surface area contributed by atoms with Crippen LogP contribution in [-0.4, -0.2) is 9.97 Å². The van der Waals surface area contributed by atoms with E-state index in [0.717, 1.165) is 17.1 Å². The van der Waals surface area contributed by atoms with Gasteiger partial charge in [0.25, 0.3) is 0 Å². The third-order valence-electron chi connectivity index (χ3n) is 2.77. The summed E-state index contributed by atoms with van der Waals surface area (Å²) in [5.41, 5.74) is 10.0. The zero-order valence-corrected chi connectivity index (χ0v) is 10.3. The van der Waals surface area contributed by atoms with E-state index in [2.05, 4.69) is 47.3 Å². The molecular formula is C13H16N4. The normalized spacial score (nSPS) is 10.3. The van der Waals surface area contributed by atoms with Crippen molar-refractivity contribution in [1.82, 2.24) is 9.97 Å². The van der Waals surface area contributed by atoms with E-state index >= 15 is 0 Å². The van der Waals surface area contributed by atoms with Gasteiger partial charge < -0.3 is 11.1 Å². The Labute approximate surface area is 101 Å². The van der Waals surface area contributed by atoms with Gasteiger partial charge in [0.1, 0.15) is 18.0 Å². The minimum atomic E-state index is 0.507. The number of hydrogen-bond donors (Lipinski definition) is 2. The monoisotopic (exact) mass is 228 g/mol. The molecule has 2 aromatic rings. The second kappa shape index (κ2) is 4.41. The Kier molecular flexibility index (Phi) is 2.95. The highest BCUT2D eigenvalue weighted by Gasteiger charge is 2.06. The molecule has 0 amide bonds. The minimum Gasteiger partial charge on any atom is -0.383 e. The Morgan fingerprint density at radius 3 is 2.65 bits per heavy atom. The maximum absolute atomic E-state index is 5.75. The number of nitrogens with one attached hydrogen (secondary N) is 1. The molecule has 0 saturated heterocycles. The van der Waals surface area contributed by atoms with E-state index in [-0.39, 0.29) is 0 Å². The fourth-order valence-electron chi connectivity index (χ4n) is 1.59. The first-order chi connectivity index (χ1) is 8.08. The predicted molar refractivity (Wildman–Crippen MR) is 70.4 cm³/mol. The molecule has 1 heterocycles. The molecule has 0 aliphatic rings. The van der Waals surface area contributed by atoms with Gasteiger partial charge in [-0.1, -0.05) is 12.1 Å². The molecule has 3 N–H and O–H groups in total. The second-order valence-corrected chi connectivity index (χ2v) is 4.18. The lowest BCUT2D eigenvalue weighted by molar-refractivity contribution is 1.14. The van der Waals surface area contributed by atoms with Gasteiger partial charge in [0.15, 0.2) is 0 Å². The molecule has 4 heteroatoms. The van der Waals surface area contributed by atoms with E-state index < -0.39 is 0 Å². The number of nitrogens with zero attached hydrogens (tertiary/aromatic N) is 2. The summed E-state index contributed by atoms with van der Waals surface area (Å²) >= 11 is 0. The van der Waals surface area contributed by atoms with Crippen LogP contribution < -0.4 is 11.1 Å². The third kappa shape index (κ3) is 2.36. The molecule has 0 unspecified atom stereocenters. The number of nitrogen functional groups attached to an aromatic ring is 1. The van der Waals surface area contributed by atoms with Crippen LogP contribution in [0.25, 0.3) is 0 Å². The Morgan fingerprint density at radius 2 is 1.88 bits per heavy atom. The van der Waals surface area contributed by atoms with Crippen LogP contribution in [0.4, 0.5) is 17.3 Å². The molecular weight excluding hydrogens is 212 g/mol. The van der Waals surface area contributed by atoms with E-state index in [1.165, 1.54) is 17.5 Å². The number of rotatable bonds is 2. The summed E-state index contributed by atoms with van der Waals surface area (Å²) in [6, 6.07) is 6.26. The summed E-state index contributed by atoms with van der Waals surface area (Å²) in [5, 5.41) is 3.29. The number of anilines is 3. The van der Waals surface area contributed by atoms with Gasteiger partial charge in [0.2, 0.25) is 0 Å². The second-order valence-electron chi connectivity index (χ2n) is 4.18. The van der Waals surface area contributed by atoms with Crippen LogP contribution in [0, 0.1) is 20.8 Å². The Morgan fingerprint density at radius 1 is 1.12 bits per heavy atom. The van der Waals surface area contributed by atoms with E-state index in [1.54, 1.807) is 0 Å². The van der Waals surface area contributed by atoms with Crippen molar-refractivity contribution in [2.75, 3.05) is 11.1 Å². The first-order valence-electron chi connectivity index (χ1n) is 5.49. The summed E-state index contributed by atoms with van der Waals surface area (Å²) < 4.78 is 0. The smallest absolute Gasteiger partial charge is 0.138 e. The molecule has 17 heavy (non-hydrogen) atoms. The molecule has 0 aliphatic heterocycles.